The second-order valence-corrected chi connectivity index (χ2v) is 6.26. The zero-order valence-corrected chi connectivity index (χ0v) is 13.5. The van der Waals surface area contributed by atoms with Gasteiger partial charge < -0.3 is 14.8 Å². The number of methoxy groups -OCH3 is 1. The molecule has 0 bridgehead atoms. The average Bonchev–Trinajstić information content (AvgIpc) is 2.42. The summed E-state index contributed by atoms with van der Waals surface area (Å²) in [7, 11) is 1.63. The zero-order chi connectivity index (χ0) is 15.7. The van der Waals surface area contributed by atoms with Gasteiger partial charge in [0.15, 0.2) is 11.5 Å². The van der Waals surface area contributed by atoms with Crippen LogP contribution in [0.2, 0.25) is 0 Å². The van der Waals surface area contributed by atoms with E-state index in [4.69, 9.17) is 14.7 Å². The van der Waals surface area contributed by atoms with Crippen LogP contribution in [-0.2, 0) is 6.54 Å². The lowest BCUT2D eigenvalue weighted by Crippen LogP contribution is -2.26. The first-order chi connectivity index (χ1) is 9.96. The van der Waals surface area contributed by atoms with E-state index in [0.717, 1.165) is 36.6 Å². The summed E-state index contributed by atoms with van der Waals surface area (Å²) >= 11 is 0. The summed E-state index contributed by atoms with van der Waals surface area (Å²) < 4.78 is 11.0. The fraction of sp³-hybridized carbons (Fsp3) is 0.588. The summed E-state index contributed by atoms with van der Waals surface area (Å²) in [5.41, 5.74) is 1.43. The van der Waals surface area contributed by atoms with Crippen LogP contribution >= 0.6 is 0 Å². The van der Waals surface area contributed by atoms with Gasteiger partial charge in [-0.3, -0.25) is 0 Å². The van der Waals surface area contributed by atoms with Crippen LogP contribution in [-0.4, -0.2) is 20.3 Å². The fourth-order valence-electron chi connectivity index (χ4n) is 1.86. The van der Waals surface area contributed by atoms with Gasteiger partial charge in [0.05, 0.1) is 19.8 Å². The Morgan fingerprint density at radius 3 is 2.62 bits per heavy atom. The monoisotopic (exact) mass is 290 g/mol. The largest absolute Gasteiger partial charge is 0.493 e. The predicted molar refractivity (Wildman–Crippen MR) is 84.5 cm³/mol. The van der Waals surface area contributed by atoms with E-state index >= 15 is 0 Å². The van der Waals surface area contributed by atoms with Crippen molar-refractivity contribution in [3.05, 3.63) is 23.8 Å². The maximum atomic E-state index is 8.53. The first kappa shape index (κ1) is 17.3. The first-order valence-electron chi connectivity index (χ1n) is 7.33. The topological polar surface area (TPSA) is 54.3 Å². The van der Waals surface area contributed by atoms with E-state index in [2.05, 4.69) is 32.2 Å². The summed E-state index contributed by atoms with van der Waals surface area (Å²) in [5.74, 6) is 1.47. The second kappa shape index (κ2) is 8.53. The minimum absolute atomic E-state index is 0.267. The molecule has 1 aromatic carbocycles. The average molecular weight is 290 g/mol. The molecule has 1 rings (SSSR count). The highest BCUT2D eigenvalue weighted by molar-refractivity contribution is 5.42. The van der Waals surface area contributed by atoms with Crippen molar-refractivity contribution in [2.45, 2.75) is 40.2 Å². The van der Waals surface area contributed by atoms with Gasteiger partial charge in [-0.2, -0.15) is 5.26 Å². The second-order valence-electron chi connectivity index (χ2n) is 6.26. The maximum Gasteiger partial charge on any atom is 0.161 e. The SMILES string of the molecule is COc1ccc(CNCC(C)(C)C)cc1OCCCC#N. The quantitative estimate of drug-likeness (QED) is 0.744. The molecular formula is C17H26N2O2. The van der Waals surface area contributed by atoms with Crippen LogP contribution in [0.5, 0.6) is 11.5 Å². The Labute approximate surface area is 128 Å². The molecule has 0 spiro atoms. The highest BCUT2D eigenvalue weighted by Crippen LogP contribution is 2.28. The number of nitrogens with one attached hydrogen (secondary N) is 1. The molecule has 116 valence electrons. The first-order valence-corrected chi connectivity index (χ1v) is 7.33. The van der Waals surface area contributed by atoms with Gasteiger partial charge in [-0.25, -0.2) is 0 Å². The molecule has 0 aliphatic carbocycles. The normalized spacial score (nSPS) is 11.0. The molecule has 21 heavy (non-hydrogen) atoms. The van der Waals surface area contributed by atoms with Crippen molar-refractivity contribution in [3.8, 4) is 17.6 Å². The molecule has 0 aliphatic rings. The summed E-state index contributed by atoms with van der Waals surface area (Å²) in [6, 6.07) is 8.08. The van der Waals surface area contributed by atoms with Gasteiger partial charge in [-0.15, -0.1) is 0 Å². The van der Waals surface area contributed by atoms with E-state index in [0.29, 0.717) is 13.0 Å². The van der Waals surface area contributed by atoms with E-state index in [1.54, 1.807) is 7.11 Å². The Balaban J connectivity index is 2.60. The van der Waals surface area contributed by atoms with Gasteiger partial charge >= 0.3 is 0 Å². The van der Waals surface area contributed by atoms with Gasteiger partial charge in [-0.1, -0.05) is 26.8 Å². The van der Waals surface area contributed by atoms with Crippen LogP contribution in [0.4, 0.5) is 0 Å². The maximum absolute atomic E-state index is 8.53. The molecule has 0 amide bonds. The Morgan fingerprint density at radius 2 is 2.00 bits per heavy atom. The molecule has 0 heterocycles. The fourth-order valence-corrected chi connectivity index (χ4v) is 1.86. The molecule has 4 nitrogen and oxygen atoms in total. The van der Waals surface area contributed by atoms with Gasteiger partial charge in [0.2, 0.25) is 0 Å². The van der Waals surface area contributed by atoms with Crippen molar-refractivity contribution in [1.29, 1.82) is 5.26 Å². The number of benzene rings is 1. The zero-order valence-electron chi connectivity index (χ0n) is 13.5. The minimum atomic E-state index is 0.267. The Hall–Kier alpha value is -1.73. The Morgan fingerprint density at radius 1 is 1.24 bits per heavy atom. The van der Waals surface area contributed by atoms with Crippen molar-refractivity contribution in [1.82, 2.24) is 5.32 Å². The summed E-state index contributed by atoms with van der Waals surface area (Å²) in [4.78, 5) is 0. The molecular weight excluding hydrogens is 264 g/mol. The van der Waals surface area contributed by atoms with Crippen molar-refractivity contribution in [2.24, 2.45) is 5.41 Å². The number of unbranched alkanes of at least 4 members (excludes halogenated alkanes) is 1. The van der Waals surface area contributed by atoms with Crippen LogP contribution < -0.4 is 14.8 Å². The lowest BCUT2D eigenvalue weighted by molar-refractivity contribution is 0.290. The molecule has 0 saturated heterocycles. The standard InChI is InChI=1S/C17H26N2O2/c1-17(2,3)13-19-12-14-7-8-15(20-4)16(11-14)21-10-6-5-9-18/h7-8,11,19H,5-6,10,12-13H2,1-4H3. The van der Waals surface area contributed by atoms with Crippen molar-refractivity contribution in [2.75, 3.05) is 20.3 Å². The third-order valence-corrected chi connectivity index (χ3v) is 2.90. The van der Waals surface area contributed by atoms with Gasteiger partial charge in [-0.05, 0) is 29.5 Å². The Kier molecular flexibility index (Phi) is 7.04. The number of rotatable bonds is 8. The molecule has 0 unspecified atom stereocenters. The number of hydrogen-bond donors (Lipinski definition) is 1. The van der Waals surface area contributed by atoms with Gasteiger partial charge in [0.25, 0.3) is 0 Å². The number of hydrogen-bond acceptors (Lipinski definition) is 4. The van der Waals surface area contributed by atoms with Crippen molar-refractivity contribution < 1.29 is 9.47 Å². The molecule has 1 aromatic rings. The predicted octanol–water partition coefficient (Wildman–Crippen LogP) is 3.51. The smallest absolute Gasteiger partial charge is 0.161 e. The molecule has 4 heteroatoms. The number of nitrogens with zero attached hydrogens (tertiary/aromatic N) is 1. The highest BCUT2D eigenvalue weighted by Gasteiger charge is 2.10. The summed E-state index contributed by atoms with van der Waals surface area (Å²) in [5, 5.41) is 12.0. The molecule has 0 radical (unpaired) electrons. The van der Waals surface area contributed by atoms with E-state index in [-0.39, 0.29) is 5.41 Å². The molecule has 0 aromatic heterocycles. The van der Waals surface area contributed by atoms with E-state index in [1.807, 2.05) is 18.2 Å². The van der Waals surface area contributed by atoms with E-state index in [1.165, 1.54) is 0 Å². The third kappa shape index (κ3) is 7.01. The van der Waals surface area contributed by atoms with Crippen LogP contribution in [0.1, 0.15) is 39.2 Å². The van der Waals surface area contributed by atoms with Crippen LogP contribution in [0.25, 0.3) is 0 Å². The Bertz CT molecular complexity index is 473. The minimum Gasteiger partial charge on any atom is -0.493 e. The summed E-state index contributed by atoms with van der Waals surface area (Å²) in [6.07, 6.45) is 1.24. The van der Waals surface area contributed by atoms with Crippen LogP contribution in [0.15, 0.2) is 18.2 Å². The molecule has 0 aliphatic heterocycles. The van der Waals surface area contributed by atoms with Gasteiger partial charge in [0.1, 0.15) is 0 Å². The third-order valence-electron chi connectivity index (χ3n) is 2.90. The number of ether oxygens (including phenoxy) is 2. The lowest BCUT2D eigenvalue weighted by atomic mass is 9.97. The van der Waals surface area contributed by atoms with Crippen LogP contribution in [0.3, 0.4) is 0 Å². The van der Waals surface area contributed by atoms with Gasteiger partial charge in [0, 0.05) is 19.5 Å². The molecule has 0 fully saturated rings. The molecule has 0 saturated carbocycles. The molecule has 0 atom stereocenters. The highest BCUT2D eigenvalue weighted by atomic mass is 16.5. The molecule has 1 N–H and O–H groups in total. The van der Waals surface area contributed by atoms with E-state index < -0.39 is 0 Å². The lowest BCUT2D eigenvalue weighted by Gasteiger charge is -2.19. The van der Waals surface area contributed by atoms with E-state index in [9.17, 15) is 0 Å². The van der Waals surface area contributed by atoms with Crippen molar-refractivity contribution >= 4 is 0 Å². The number of nitriles is 1. The van der Waals surface area contributed by atoms with Crippen LogP contribution in [0, 0.1) is 16.7 Å². The van der Waals surface area contributed by atoms with Crippen molar-refractivity contribution in [3.63, 3.8) is 0 Å². The summed E-state index contributed by atoms with van der Waals surface area (Å²) in [6.45, 7) is 8.91.